The van der Waals surface area contributed by atoms with E-state index >= 15 is 0 Å². The van der Waals surface area contributed by atoms with Crippen molar-refractivity contribution in [1.82, 2.24) is 0 Å². The topological polar surface area (TPSA) is 116 Å². The first-order valence-corrected chi connectivity index (χ1v) is 7.61. The molecule has 1 aromatic carbocycles. The van der Waals surface area contributed by atoms with Gasteiger partial charge in [-0.25, -0.2) is 9.59 Å². The molecule has 2 aromatic heterocycles. The van der Waals surface area contributed by atoms with Gasteiger partial charge < -0.3 is 23.4 Å². The van der Waals surface area contributed by atoms with Crippen LogP contribution in [-0.2, 0) is 9.47 Å². The maximum Gasteiger partial charge on any atom is 0.375 e. The standard InChI is InChI=1S/C18H14O8/c1-3-24-18(22)16-14(11-6-7-12(25-11)17(21)23-2)15(20)10-5-4-9(19)8-13(10)26-16/h4-8,19H,3H2,1-2H3. The summed E-state index contributed by atoms with van der Waals surface area (Å²) in [6.07, 6.45) is 0. The van der Waals surface area contributed by atoms with Crippen LogP contribution in [-0.4, -0.2) is 30.8 Å². The molecule has 8 heteroatoms. The van der Waals surface area contributed by atoms with Crippen LogP contribution in [0.25, 0.3) is 22.3 Å². The molecule has 0 fully saturated rings. The Morgan fingerprint density at radius 3 is 2.58 bits per heavy atom. The van der Waals surface area contributed by atoms with Gasteiger partial charge in [-0.3, -0.25) is 4.79 Å². The number of methoxy groups -OCH3 is 1. The van der Waals surface area contributed by atoms with E-state index in [0.29, 0.717) is 0 Å². The van der Waals surface area contributed by atoms with Crippen molar-refractivity contribution in [3.63, 3.8) is 0 Å². The van der Waals surface area contributed by atoms with Crippen LogP contribution in [0.1, 0.15) is 28.0 Å². The molecule has 8 nitrogen and oxygen atoms in total. The summed E-state index contributed by atoms with van der Waals surface area (Å²) < 4.78 is 20.4. The lowest BCUT2D eigenvalue weighted by molar-refractivity contribution is 0.0491. The summed E-state index contributed by atoms with van der Waals surface area (Å²) in [5, 5.41) is 9.71. The van der Waals surface area contributed by atoms with Crippen molar-refractivity contribution in [2.75, 3.05) is 13.7 Å². The molecule has 0 aliphatic carbocycles. The molecule has 0 aliphatic heterocycles. The summed E-state index contributed by atoms with van der Waals surface area (Å²) in [6.45, 7) is 1.66. The van der Waals surface area contributed by atoms with Crippen molar-refractivity contribution in [2.45, 2.75) is 6.92 Å². The second-order valence-corrected chi connectivity index (χ2v) is 5.19. The third-order valence-corrected chi connectivity index (χ3v) is 3.58. The number of aromatic hydroxyl groups is 1. The molecular weight excluding hydrogens is 344 g/mol. The van der Waals surface area contributed by atoms with E-state index in [1.165, 1.54) is 37.4 Å². The number of hydrogen-bond acceptors (Lipinski definition) is 8. The zero-order valence-corrected chi connectivity index (χ0v) is 13.9. The minimum Gasteiger partial charge on any atom is -0.508 e. The van der Waals surface area contributed by atoms with Crippen molar-refractivity contribution >= 4 is 22.9 Å². The first-order chi connectivity index (χ1) is 12.5. The highest BCUT2D eigenvalue weighted by atomic mass is 16.5. The Morgan fingerprint density at radius 1 is 1.12 bits per heavy atom. The number of fused-ring (bicyclic) bond motifs is 1. The lowest BCUT2D eigenvalue weighted by Gasteiger charge is -2.08. The van der Waals surface area contributed by atoms with Gasteiger partial charge in [-0.15, -0.1) is 0 Å². The summed E-state index contributed by atoms with van der Waals surface area (Å²) in [5.41, 5.74) is -0.738. The van der Waals surface area contributed by atoms with Crippen LogP contribution in [0.4, 0.5) is 0 Å². The van der Waals surface area contributed by atoms with Crippen molar-refractivity contribution in [2.24, 2.45) is 0 Å². The first-order valence-electron chi connectivity index (χ1n) is 7.61. The number of furan rings is 1. The highest BCUT2D eigenvalue weighted by molar-refractivity contribution is 5.97. The maximum absolute atomic E-state index is 12.9. The normalized spacial score (nSPS) is 10.7. The van der Waals surface area contributed by atoms with Gasteiger partial charge in [0.25, 0.3) is 0 Å². The summed E-state index contributed by atoms with van der Waals surface area (Å²) in [4.78, 5) is 36.7. The molecule has 3 aromatic rings. The lowest BCUT2D eigenvalue weighted by Crippen LogP contribution is -2.14. The van der Waals surface area contributed by atoms with E-state index < -0.39 is 17.4 Å². The van der Waals surface area contributed by atoms with E-state index in [4.69, 9.17) is 13.6 Å². The van der Waals surface area contributed by atoms with Crippen molar-refractivity contribution in [1.29, 1.82) is 0 Å². The predicted octanol–water partition coefficient (Wildman–Crippen LogP) is 2.72. The third-order valence-electron chi connectivity index (χ3n) is 3.58. The molecule has 0 saturated carbocycles. The average molecular weight is 358 g/mol. The van der Waals surface area contributed by atoms with E-state index in [-0.39, 0.29) is 46.2 Å². The molecule has 0 atom stereocenters. The number of hydrogen-bond donors (Lipinski definition) is 1. The number of rotatable bonds is 4. The zero-order chi connectivity index (χ0) is 18.8. The van der Waals surface area contributed by atoms with Crippen LogP contribution in [0.2, 0.25) is 0 Å². The Labute approximate surface area is 146 Å². The Kier molecular flexibility index (Phi) is 4.49. The molecule has 0 radical (unpaired) electrons. The van der Waals surface area contributed by atoms with Gasteiger partial charge in [0.15, 0.2) is 0 Å². The monoisotopic (exact) mass is 358 g/mol. The van der Waals surface area contributed by atoms with E-state index in [9.17, 15) is 19.5 Å². The summed E-state index contributed by atoms with van der Waals surface area (Å²) in [6, 6.07) is 6.56. The van der Waals surface area contributed by atoms with Crippen LogP contribution in [0.15, 0.2) is 44.0 Å². The van der Waals surface area contributed by atoms with Gasteiger partial charge >= 0.3 is 11.9 Å². The molecule has 1 N–H and O–H groups in total. The van der Waals surface area contributed by atoms with E-state index in [1.54, 1.807) is 6.92 Å². The Balaban J connectivity index is 2.29. The van der Waals surface area contributed by atoms with Crippen LogP contribution < -0.4 is 5.43 Å². The number of carbonyl (C=O) groups is 2. The summed E-state index contributed by atoms with van der Waals surface area (Å²) in [7, 11) is 1.19. The number of benzene rings is 1. The molecule has 0 aliphatic rings. The summed E-state index contributed by atoms with van der Waals surface area (Å²) >= 11 is 0. The van der Waals surface area contributed by atoms with Gasteiger partial charge in [0.2, 0.25) is 16.9 Å². The van der Waals surface area contributed by atoms with Gasteiger partial charge in [-0.1, -0.05) is 0 Å². The van der Waals surface area contributed by atoms with E-state index in [2.05, 4.69) is 4.74 Å². The highest BCUT2D eigenvalue weighted by Crippen LogP contribution is 2.28. The molecule has 2 heterocycles. The highest BCUT2D eigenvalue weighted by Gasteiger charge is 2.26. The SMILES string of the molecule is CCOC(=O)c1oc2cc(O)ccc2c(=O)c1-c1ccc(C(=O)OC)o1. The Morgan fingerprint density at radius 2 is 1.88 bits per heavy atom. The Hall–Kier alpha value is -3.55. The second-order valence-electron chi connectivity index (χ2n) is 5.19. The molecule has 0 bridgehead atoms. The van der Waals surface area contributed by atoms with Crippen LogP contribution in [0.5, 0.6) is 5.75 Å². The molecule has 0 spiro atoms. The zero-order valence-electron chi connectivity index (χ0n) is 13.9. The summed E-state index contributed by atoms with van der Waals surface area (Å²) in [5.74, 6) is -2.31. The fourth-order valence-electron chi connectivity index (χ4n) is 2.43. The van der Waals surface area contributed by atoms with Crippen LogP contribution in [0, 0.1) is 0 Å². The molecule has 3 rings (SSSR count). The molecule has 134 valence electrons. The van der Waals surface area contributed by atoms with E-state index in [0.717, 1.165) is 0 Å². The average Bonchev–Trinajstić information content (AvgIpc) is 3.10. The molecular formula is C18H14O8. The van der Waals surface area contributed by atoms with Gasteiger partial charge in [0.1, 0.15) is 22.7 Å². The van der Waals surface area contributed by atoms with E-state index in [1.807, 2.05) is 0 Å². The van der Waals surface area contributed by atoms with Gasteiger partial charge in [0.05, 0.1) is 19.1 Å². The number of ether oxygens (including phenoxy) is 2. The fraction of sp³-hybridized carbons (Fsp3) is 0.167. The van der Waals surface area contributed by atoms with Crippen molar-refractivity contribution in [3.05, 3.63) is 52.1 Å². The lowest BCUT2D eigenvalue weighted by atomic mass is 10.1. The largest absolute Gasteiger partial charge is 0.508 e. The van der Waals surface area contributed by atoms with Gasteiger partial charge in [0, 0.05) is 6.07 Å². The van der Waals surface area contributed by atoms with Gasteiger partial charge in [-0.2, -0.15) is 0 Å². The number of phenols is 1. The first kappa shape index (κ1) is 17.3. The predicted molar refractivity (Wildman–Crippen MR) is 89.1 cm³/mol. The fourth-order valence-corrected chi connectivity index (χ4v) is 2.43. The van der Waals surface area contributed by atoms with Crippen LogP contribution >= 0.6 is 0 Å². The molecule has 0 amide bonds. The number of carbonyl (C=O) groups excluding carboxylic acids is 2. The Bertz CT molecular complexity index is 1060. The maximum atomic E-state index is 12.9. The third kappa shape index (κ3) is 2.92. The molecule has 26 heavy (non-hydrogen) atoms. The number of phenolic OH excluding ortho intramolecular Hbond substituents is 1. The van der Waals surface area contributed by atoms with Gasteiger partial charge in [-0.05, 0) is 31.2 Å². The molecule has 0 saturated heterocycles. The molecule has 0 unspecified atom stereocenters. The second kappa shape index (κ2) is 6.75. The quantitative estimate of drug-likeness (QED) is 0.708. The van der Waals surface area contributed by atoms with Crippen molar-refractivity contribution in [3.8, 4) is 17.1 Å². The minimum absolute atomic E-state index is 0.0153. The minimum atomic E-state index is -0.874. The van der Waals surface area contributed by atoms with Crippen molar-refractivity contribution < 1.29 is 33.0 Å². The number of esters is 2. The smallest absolute Gasteiger partial charge is 0.375 e. The van der Waals surface area contributed by atoms with Crippen LogP contribution in [0.3, 0.4) is 0 Å².